The van der Waals surface area contributed by atoms with Gasteiger partial charge in [0.15, 0.2) is 0 Å². The second-order valence-electron chi connectivity index (χ2n) is 7.59. The van der Waals surface area contributed by atoms with E-state index in [1.54, 1.807) is 24.3 Å². The van der Waals surface area contributed by atoms with Crippen molar-refractivity contribution < 1.29 is 17.9 Å². The molecule has 31 heavy (non-hydrogen) atoms. The maximum Gasteiger partial charge on any atom is 0.421 e. The normalized spacial score (nSPS) is 14.5. The molecule has 2 aromatic carbocycles. The van der Waals surface area contributed by atoms with Crippen molar-refractivity contribution in [2.45, 2.75) is 44.9 Å². The molecule has 1 heterocycles. The van der Waals surface area contributed by atoms with Crippen LogP contribution < -0.4 is 15.4 Å². The lowest BCUT2D eigenvalue weighted by atomic mass is 10.2. The van der Waals surface area contributed by atoms with Gasteiger partial charge in [0.1, 0.15) is 17.1 Å². The molecule has 4 rings (SSSR count). The molecule has 1 saturated carbocycles. The molecule has 2 N–H and O–H groups in total. The summed E-state index contributed by atoms with van der Waals surface area (Å²) in [5, 5.41) is 5.77. The van der Waals surface area contributed by atoms with Crippen LogP contribution in [0, 0.1) is 6.92 Å². The zero-order valence-electron chi connectivity index (χ0n) is 17.0. The minimum Gasteiger partial charge on any atom is -0.488 e. The summed E-state index contributed by atoms with van der Waals surface area (Å²) >= 11 is 0. The number of nitrogens with one attached hydrogen (secondary N) is 2. The van der Waals surface area contributed by atoms with Crippen LogP contribution in [0.15, 0.2) is 54.7 Å². The highest BCUT2D eigenvalue weighted by atomic mass is 19.4. The maximum absolute atomic E-state index is 13.6. The number of rotatable bonds is 6. The number of hydrogen-bond donors (Lipinski definition) is 2. The largest absolute Gasteiger partial charge is 0.488 e. The van der Waals surface area contributed by atoms with Crippen LogP contribution in [-0.4, -0.2) is 16.1 Å². The zero-order chi connectivity index (χ0) is 21.8. The minimum absolute atomic E-state index is 0.0635. The molecule has 0 unspecified atom stereocenters. The summed E-state index contributed by atoms with van der Waals surface area (Å²) in [6.45, 7) is 1.95. The predicted molar refractivity (Wildman–Crippen MR) is 114 cm³/mol. The van der Waals surface area contributed by atoms with E-state index in [1.807, 2.05) is 31.2 Å². The molecule has 0 aliphatic heterocycles. The van der Waals surface area contributed by atoms with E-state index >= 15 is 0 Å². The van der Waals surface area contributed by atoms with E-state index in [1.165, 1.54) is 0 Å². The lowest BCUT2D eigenvalue weighted by Crippen LogP contribution is -2.14. The Balaban J connectivity index is 1.63. The third kappa shape index (κ3) is 5.25. The minimum atomic E-state index is -4.61. The first-order valence-electron chi connectivity index (χ1n) is 10.2. The Labute approximate surface area is 178 Å². The Hall–Kier alpha value is -3.29. The van der Waals surface area contributed by atoms with Gasteiger partial charge in [-0.25, -0.2) is 4.98 Å². The van der Waals surface area contributed by atoms with Crippen molar-refractivity contribution in [2.75, 3.05) is 10.6 Å². The van der Waals surface area contributed by atoms with Crippen molar-refractivity contribution >= 4 is 23.1 Å². The number of aromatic nitrogens is 2. The van der Waals surface area contributed by atoms with E-state index in [9.17, 15) is 13.2 Å². The second-order valence-corrected chi connectivity index (χ2v) is 7.59. The molecule has 1 aliphatic rings. The first-order valence-corrected chi connectivity index (χ1v) is 10.2. The highest BCUT2D eigenvalue weighted by Gasteiger charge is 2.35. The molecule has 0 atom stereocenters. The van der Waals surface area contributed by atoms with Crippen LogP contribution in [0.1, 0.15) is 36.8 Å². The van der Waals surface area contributed by atoms with Gasteiger partial charge in [0.05, 0.1) is 11.8 Å². The Bertz CT molecular complexity index is 1030. The third-order valence-electron chi connectivity index (χ3n) is 5.14. The number of aryl methyl sites for hydroxylation is 1. The van der Waals surface area contributed by atoms with Crippen LogP contribution in [-0.2, 0) is 6.18 Å². The van der Waals surface area contributed by atoms with Crippen LogP contribution in [0.3, 0.4) is 0 Å². The van der Waals surface area contributed by atoms with Crippen LogP contribution in [0.2, 0.25) is 0 Å². The molecule has 0 bridgehead atoms. The van der Waals surface area contributed by atoms with Gasteiger partial charge in [-0.3, -0.25) is 0 Å². The SMILES string of the molecule is Cc1ccc(Nc2ncc(C(F)(F)F)c(Nc3ccccc3OC3CCCC3)n2)cc1. The lowest BCUT2D eigenvalue weighted by molar-refractivity contribution is -0.137. The number of alkyl halides is 3. The fraction of sp³-hybridized carbons (Fsp3) is 0.304. The van der Waals surface area contributed by atoms with Gasteiger partial charge in [0, 0.05) is 11.9 Å². The molecule has 3 aromatic rings. The van der Waals surface area contributed by atoms with Crippen LogP contribution in [0.4, 0.5) is 36.3 Å². The van der Waals surface area contributed by atoms with E-state index in [4.69, 9.17) is 4.74 Å². The molecule has 1 aliphatic carbocycles. The fourth-order valence-corrected chi connectivity index (χ4v) is 3.50. The van der Waals surface area contributed by atoms with E-state index in [0.717, 1.165) is 37.4 Å². The monoisotopic (exact) mass is 428 g/mol. The van der Waals surface area contributed by atoms with Gasteiger partial charge in [-0.15, -0.1) is 0 Å². The van der Waals surface area contributed by atoms with Crippen molar-refractivity contribution in [1.29, 1.82) is 0 Å². The summed E-state index contributed by atoms with van der Waals surface area (Å²) in [6.07, 6.45) is 0.338. The number of halogens is 3. The summed E-state index contributed by atoms with van der Waals surface area (Å²) in [4.78, 5) is 7.97. The van der Waals surface area contributed by atoms with Crippen molar-refractivity contribution in [1.82, 2.24) is 9.97 Å². The second kappa shape index (κ2) is 8.83. The molecule has 0 spiro atoms. The molecule has 162 valence electrons. The summed E-state index contributed by atoms with van der Waals surface area (Å²) in [5.74, 6) is 0.238. The molecule has 5 nitrogen and oxygen atoms in total. The van der Waals surface area contributed by atoms with Crippen molar-refractivity contribution in [2.24, 2.45) is 0 Å². The van der Waals surface area contributed by atoms with Gasteiger partial charge >= 0.3 is 6.18 Å². The van der Waals surface area contributed by atoms with Gasteiger partial charge in [-0.2, -0.15) is 18.2 Å². The first-order chi connectivity index (χ1) is 14.9. The smallest absolute Gasteiger partial charge is 0.421 e. The topological polar surface area (TPSA) is 59.1 Å². The molecular weight excluding hydrogens is 405 g/mol. The summed E-state index contributed by atoms with van der Waals surface area (Å²) in [7, 11) is 0. The molecule has 1 aromatic heterocycles. The Morgan fingerprint density at radius 1 is 0.968 bits per heavy atom. The Kier molecular flexibility index (Phi) is 5.97. The number of hydrogen-bond acceptors (Lipinski definition) is 5. The quantitative estimate of drug-likeness (QED) is 0.462. The lowest BCUT2D eigenvalue weighted by Gasteiger charge is -2.19. The number of ether oxygens (including phenoxy) is 1. The highest BCUT2D eigenvalue weighted by Crippen LogP contribution is 2.37. The van der Waals surface area contributed by atoms with E-state index in [0.29, 0.717) is 17.1 Å². The Morgan fingerprint density at radius 3 is 2.39 bits per heavy atom. The summed E-state index contributed by atoms with van der Waals surface area (Å²) in [6, 6.07) is 14.4. The van der Waals surface area contributed by atoms with Gasteiger partial charge in [-0.05, 0) is 56.9 Å². The summed E-state index contributed by atoms with van der Waals surface area (Å²) < 4.78 is 46.9. The summed E-state index contributed by atoms with van der Waals surface area (Å²) in [5.41, 5.74) is 1.24. The molecule has 0 amide bonds. The van der Waals surface area contributed by atoms with Crippen LogP contribution in [0.5, 0.6) is 5.75 Å². The van der Waals surface area contributed by atoms with Gasteiger partial charge in [0.2, 0.25) is 5.95 Å². The number of anilines is 4. The molecule has 0 radical (unpaired) electrons. The van der Waals surface area contributed by atoms with Crippen molar-refractivity contribution in [3.05, 3.63) is 65.9 Å². The Morgan fingerprint density at radius 2 is 1.68 bits per heavy atom. The standard InChI is InChI=1S/C23H23F3N4O/c1-15-10-12-16(13-11-15)28-22-27-14-18(23(24,25)26)21(30-22)29-19-8-4-5-9-20(19)31-17-6-2-3-7-17/h4-5,8-14,17H,2-3,6-7H2,1H3,(H2,27,28,29,30). The first kappa shape index (κ1) is 21.0. The van der Waals surface area contributed by atoms with Crippen LogP contribution in [0.25, 0.3) is 0 Å². The molecule has 8 heteroatoms. The van der Waals surface area contributed by atoms with Gasteiger partial charge < -0.3 is 15.4 Å². The van der Waals surface area contributed by atoms with E-state index in [2.05, 4.69) is 20.6 Å². The third-order valence-corrected chi connectivity index (χ3v) is 5.14. The average molecular weight is 428 g/mol. The maximum atomic E-state index is 13.6. The molecular formula is C23H23F3N4O. The van der Waals surface area contributed by atoms with Gasteiger partial charge in [-0.1, -0.05) is 29.8 Å². The number of benzene rings is 2. The van der Waals surface area contributed by atoms with E-state index in [-0.39, 0.29) is 17.9 Å². The predicted octanol–water partition coefficient (Wildman–Crippen LogP) is 6.61. The number of para-hydroxylation sites is 2. The number of nitrogens with zero attached hydrogens (tertiary/aromatic N) is 2. The highest BCUT2D eigenvalue weighted by molar-refractivity contribution is 5.67. The zero-order valence-corrected chi connectivity index (χ0v) is 17.0. The van der Waals surface area contributed by atoms with Crippen molar-refractivity contribution in [3.63, 3.8) is 0 Å². The van der Waals surface area contributed by atoms with E-state index < -0.39 is 11.7 Å². The average Bonchev–Trinajstić information content (AvgIpc) is 3.24. The van der Waals surface area contributed by atoms with Crippen molar-refractivity contribution in [3.8, 4) is 5.75 Å². The molecule has 1 fully saturated rings. The fourth-order valence-electron chi connectivity index (χ4n) is 3.50. The molecule has 0 saturated heterocycles. The van der Waals surface area contributed by atoms with Crippen LogP contribution >= 0.6 is 0 Å². The van der Waals surface area contributed by atoms with Gasteiger partial charge in [0.25, 0.3) is 0 Å².